The van der Waals surface area contributed by atoms with E-state index in [2.05, 4.69) is 9.97 Å². The van der Waals surface area contributed by atoms with Gasteiger partial charge in [0.2, 0.25) is 5.88 Å². The first kappa shape index (κ1) is 11.4. The lowest BCUT2D eigenvalue weighted by Gasteiger charge is -2.07. The van der Waals surface area contributed by atoms with Crippen molar-refractivity contribution in [2.45, 2.75) is 13.8 Å². The van der Waals surface area contributed by atoms with Crippen molar-refractivity contribution in [1.82, 2.24) is 9.97 Å². The average Bonchev–Trinajstić information content (AvgIpc) is 2.29. The molecule has 4 nitrogen and oxygen atoms in total. The Labute approximate surface area is 99.9 Å². The Morgan fingerprint density at radius 1 is 1.24 bits per heavy atom. The molecular formula is C13H14N2O2. The molecule has 17 heavy (non-hydrogen) atoms. The third-order valence-electron chi connectivity index (χ3n) is 2.27. The first-order valence-electron chi connectivity index (χ1n) is 5.47. The minimum atomic E-state index is 0.167. The molecule has 0 atom stereocenters. The van der Waals surface area contributed by atoms with Crippen LogP contribution in [0.4, 0.5) is 0 Å². The lowest BCUT2D eigenvalue weighted by molar-refractivity contribution is 0.326. The number of hydrogen-bond acceptors (Lipinski definition) is 4. The van der Waals surface area contributed by atoms with E-state index in [0.717, 1.165) is 5.69 Å². The summed E-state index contributed by atoms with van der Waals surface area (Å²) in [6.45, 7) is 4.32. The molecule has 0 spiro atoms. The van der Waals surface area contributed by atoms with Gasteiger partial charge in [-0.15, -0.1) is 0 Å². The van der Waals surface area contributed by atoms with Gasteiger partial charge in [0, 0.05) is 11.8 Å². The van der Waals surface area contributed by atoms with E-state index in [4.69, 9.17) is 4.74 Å². The number of aromatic nitrogens is 2. The number of phenols is 1. The van der Waals surface area contributed by atoms with Crippen LogP contribution < -0.4 is 4.74 Å². The summed E-state index contributed by atoms with van der Waals surface area (Å²) in [5.41, 5.74) is 1.42. The quantitative estimate of drug-likeness (QED) is 0.880. The van der Waals surface area contributed by atoms with Gasteiger partial charge < -0.3 is 9.84 Å². The Balaban J connectivity index is 2.48. The molecule has 0 fully saturated rings. The van der Waals surface area contributed by atoms with Gasteiger partial charge >= 0.3 is 0 Å². The van der Waals surface area contributed by atoms with Gasteiger partial charge in [0.1, 0.15) is 5.75 Å². The summed E-state index contributed by atoms with van der Waals surface area (Å²) in [6, 6.07) is 8.76. The van der Waals surface area contributed by atoms with Crippen molar-refractivity contribution >= 4 is 0 Å². The third-order valence-corrected chi connectivity index (χ3v) is 2.27. The van der Waals surface area contributed by atoms with Crippen molar-refractivity contribution in [2.75, 3.05) is 6.61 Å². The molecule has 1 heterocycles. The van der Waals surface area contributed by atoms with Crippen LogP contribution in [0.15, 0.2) is 30.3 Å². The van der Waals surface area contributed by atoms with E-state index in [1.807, 2.05) is 19.9 Å². The van der Waals surface area contributed by atoms with Crippen molar-refractivity contribution < 1.29 is 9.84 Å². The number of aromatic hydroxyl groups is 1. The highest BCUT2D eigenvalue weighted by Crippen LogP contribution is 2.27. The third kappa shape index (κ3) is 2.53. The second kappa shape index (κ2) is 4.82. The molecule has 0 amide bonds. The molecule has 1 aromatic heterocycles. The molecule has 0 unspecified atom stereocenters. The predicted molar refractivity (Wildman–Crippen MR) is 65.0 cm³/mol. The summed E-state index contributed by atoms with van der Waals surface area (Å²) in [4.78, 5) is 8.56. The zero-order valence-electron chi connectivity index (χ0n) is 9.84. The topological polar surface area (TPSA) is 55.2 Å². The van der Waals surface area contributed by atoms with Crippen molar-refractivity contribution in [3.63, 3.8) is 0 Å². The van der Waals surface area contributed by atoms with Gasteiger partial charge in [-0.3, -0.25) is 0 Å². The van der Waals surface area contributed by atoms with Crippen molar-refractivity contribution in [3.05, 3.63) is 36.0 Å². The zero-order chi connectivity index (χ0) is 12.3. The fourth-order valence-corrected chi connectivity index (χ4v) is 1.54. The first-order chi connectivity index (χ1) is 8.20. The number of hydrogen-bond donors (Lipinski definition) is 1. The summed E-state index contributed by atoms with van der Waals surface area (Å²) >= 11 is 0. The molecule has 0 radical (unpaired) electrons. The molecule has 4 heteroatoms. The number of aryl methyl sites for hydroxylation is 1. The molecule has 1 N–H and O–H groups in total. The number of ether oxygens (including phenoxy) is 1. The van der Waals surface area contributed by atoms with Gasteiger partial charge in [0.15, 0.2) is 5.82 Å². The molecule has 2 rings (SSSR count). The maximum absolute atomic E-state index is 9.75. The summed E-state index contributed by atoms with van der Waals surface area (Å²) in [5.74, 6) is 1.17. The molecule has 0 aliphatic heterocycles. The second-order valence-corrected chi connectivity index (χ2v) is 3.62. The second-order valence-electron chi connectivity index (χ2n) is 3.62. The van der Waals surface area contributed by atoms with Crippen LogP contribution in [0.3, 0.4) is 0 Å². The molecule has 88 valence electrons. The van der Waals surface area contributed by atoms with Gasteiger partial charge in [-0.25, -0.2) is 4.98 Å². The molecule has 1 aromatic carbocycles. The summed E-state index contributed by atoms with van der Waals surface area (Å²) in [5, 5.41) is 9.75. The average molecular weight is 230 g/mol. The van der Waals surface area contributed by atoms with Crippen LogP contribution in [-0.2, 0) is 0 Å². The van der Waals surface area contributed by atoms with Crippen LogP contribution in [0.2, 0.25) is 0 Å². The summed E-state index contributed by atoms with van der Waals surface area (Å²) in [7, 11) is 0. The number of benzene rings is 1. The van der Waals surface area contributed by atoms with E-state index >= 15 is 0 Å². The van der Waals surface area contributed by atoms with E-state index in [1.54, 1.807) is 24.3 Å². The zero-order valence-corrected chi connectivity index (χ0v) is 9.84. The first-order valence-corrected chi connectivity index (χ1v) is 5.47. The van der Waals surface area contributed by atoms with Gasteiger partial charge in [-0.1, -0.05) is 12.1 Å². The fraction of sp³-hybridized carbons (Fsp3) is 0.231. The molecule has 2 aromatic rings. The maximum Gasteiger partial charge on any atom is 0.217 e. The summed E-state index contributed by atoms with van der Waals surface area (Å²) < 4.78 is 5.36. The minimum Gasteiger partial charge on any atom is -0.507 e. The Bertz CT molecular complexity index is 527. The lowest BCUT2D eigenvalue weighted by atomic mass is 10.2. The highest BCUT2D eigenvalue weighted by Gasteiger charge is 2.09. The van der Waals surface area contributed by atoms with Gasteiger partial charge in [-0.05, 0) is 26.0 Å². The molecular weight excluding hydrogens is 216 g/mol. The standard InChI is InChI=1S/C13H14N2O2/c1-3-17-12-8-9(2)14-13(15-12)10-6-4-5-7-11(10)16/h4-8,16H,3H2,1-2H3. The SMILES string of the molecule is CCOc1cc(C)nc(-c2ccccc2O)n1. The molecule has 0 saturated carbocycles. The van der Waals surface area contributed by atoms with Crippen LogP contribution in [0.5, 0.6) is 11.6 Å². The lowest BCUT2D eigenvalue weighted by Crippen LogP contribution is -1.99. The van der Waals surface area contributed by atoms with Crippen LogP contribution in [0.25, 0.3) is 11.4 Å². The van der Waals surface area contributed by atoms with Crippen LogP contribution in [0, 0.1) is 6.92 Å². The number of nitrogens with zero attached hydrogens (tertiary/aromatic N) is 2. The van der Waals surface area contributed by atoms with Crippen LogP contribution in [-0.4, -0.2) is 21.7 Å². The van der Waals surface area contributed by atoms with E-state index in [1.165, 1.54) is 0 Å². The van der Waals surface area contributed by atoms with Crippen molar-refractivity contribution in [1.29, 1.82) is 0 Å². The summed E-state index contributed by atoms with van der Waals surface area (Å²) in [6.07, 6.45) is 0. The Hall–Kier alpha value is -2.10. The maximum atomic E-state index is 9.75. The van der Waals surface area contributed by atoms with Gasteiger partial charge in [0.05, 0.1) is 12.2 Å². The Morgan fingerprint density at radius 2 is 2.00 bits per heavy atom. The number of phenolic OH excluding ortho intramolecular Hbond substituents is 1. The minimum absolute atomic E-state index is 0.167. The molecule has 0 aliphatic carbocycles. The van der Waals surface area contributed by atoms with Crippen molar-refractivity contribution in [2.24, 2.45) is 0 Å². The highest BCUT2D eigenvalue weighted by atomic mass is 16.5. The van der Waals surface area contributed by atoms with E-state index < -0.39 is 0 Å². The Morgan fingerprint density at radius 3 is 2.71 bits per heavy atom. The van der Waals surface area contributed by atoms with Gasteiger partial charge in [-0.2, -0.15) is 4.98 Å². The monoisotopic (exact) mass is 230 g/mol. The number of para-hydroxylation sites is 1. The van der Waals surface area contributed by atoms with E-state index in [0.29, 0.717) is 23.9 Å². The molecule has 0 bridgehead atoms. The van der Waals surface area contributed by atoms with Gasteiger partial charge in [0.25, 0.3) is 0 Å². The fourth-order valence-electron chi connectivity index (χ4n) is 1.54. The highest BCUT2D eigenvalue weighted by molar-refractivity contribution is 5.63. The normalized spacial score (nSPS) is 10.2. The van der Waals surface area contributed by atoms with Crippen LogP contribution >= 0.6 is 0 Å². The Kier molecular flexibility index (Phi) is 3.23. The van der Waals surface area contributed by atoms with Crippen molar-refractivity contribution in [3.8, 4) is 23.0 Å². The van der Waals surface area contributed by atoms with E-state index in [-0.39, 0.29) is 5.75 Å². The molecule has 0 saturated heterocycles. The van der Waals surface area contributed by atoms with E-state index in [9.17, 15) is 5.11 Å². The largest absolute Gasteiger partial charge is 0.507 e. The van der Waals surface area contributed by atoms with Crippen LogP contribution in [0.1, 0.15) is 12.6 Å². The molecule has 0 aliphatic rings. The smallest absolute Gasteiger partial charge is 0.217 e. The number of rotatable bonds is 3. The predicted octanol–water partition coefficient (Wildman–Crippen LogP) is 2.56.